The molecule has 0 bridgehead atoms. The molecule has 0 spiro atoms. The second kappa shape index (κ2) is 7.76. The van der Waals surface area contributed by atoms with Crippen LogP contribution in [0.4, 0.5) is 0 Å². The summed E-state index contributed by atoms with van der Waals surface area (Å²) in [6.45, 7) is 4.85. The Kier molecular flexibility index (Phi) is 6.00. The highest BCUT2D eigenvalue weighted by Gasteiger charge is 2.25. The fraction of sp³-hybridized carbons (Fsp3) is 0.353. The summed E-state index contributed by atoms with van der Waals surface area (Å²) in [5.74, 6) is 0.338. The molecule has 1 amide bonds. The summed E-state index contributed by atoms with van der Waals surface area (Å²) in [4.78, 5) is 13.8. The number of nitrogens with one attached hydrogen (secondary N) is 1. The summed E-state index contributed by atoms with van der Waals surface area (Å²) in [5.41, 5.74) is 1.09. The smallest absolute Gasteiger partial charge is 0.228 e. The third-order valence-corrected chi connectivity index (χ3v) is 5.69. The lowest BCUT2D eigenvalue weighted by Crippen LogP contribution is -2.32. The van der Waals surface area contributed by atoms with E-state index in [0.29, 0.717) is 12.5 Å². The van der Waals surface area contributed by atoms with E-state index in [4.69, 9.17) is 0 Å². The van der Waals surface area contributed by atoms with Crippen molar-refractivity contribution in [3.05, 3.63) is 56.7 Å². The largest absolute Gasteiger partial charge is 0.351 e. The van der Waals surface area contributed by atoms with E-state index in [1.54, 1.807) is 11.3 Å². The van der Waals surface area contributed by atoms with Crippen LogP contribution >= 0.6 is 27.3 Å². The van der Waals surface area contributed by atoms with Crippen molar-refractivity contribution in [2.45, 2.75) is 32.7 Å². The van der Waals surface area contributed by atoms with Gasteiger partial charge in [0.05, 0.1) is 12.5 Å². The van der Waals surface area contributed by atoms with Crippen molar-refractivity contribution in [3.63, 3.8) is 0 Å². The van der Waals surface area contributed by atoms with Crippen LogP contribution in [0, 0.1) is 5.92 Å². The molecule has 112 valence electrons. The minimum Gasteiger partial charge on any atom is -0.351 e. The molecule has 4 heteroatoms. The first-order valence-corrected chi connectivity index (χ1v) is 8.85. The first-order chi connectivity index (χ1) is 10.1. The van der Waals surface area contributed by atoms with Crippen LogP contribution in [0.5, 0.6) is 0 Å². The van der Waals surface area contributed by atoms with Gasteiger partial charge in [-0.3, -0.25) is 4.79 Å². The van der Waals surface area contributed by atoms with Crippen molar-refractivity contribution in [3.8, 4) is 0 Å². The number of halogens is 1. The third kappa shape index (κ3) is 4.17. The second-order valence-electron chi connectivity index (χ2n) is 5.18. The van der Waals surface area contributed by atoms with E-state index in [1.807, 2.05) is 41.8 Å². The molecule has 1 aromatic carbocycles. The van der Waals surface area contributed by atoms with Gasteiger partial charge in [-0.05, 0) is 38.9 Å². The molecule has 2 rings (SSSR count). The Morgan fingerprint density at radius 1 is 1.29 bits per heavy atom. The van der Waals surface area contributed by atoms with Gasteiger partial charge in [0.1, 0.15) is 0 Å². The fourth-order valence-corrected chi connectivity index (χ4v) is 3.80. The molecule has 1 aromatic heterocycles. The van der Waals surface area contributed by atoms with E-state index < -0.39 is 0 Å². The molecule has 0 saturated carbocycles. The van der Waals surface area contributed by atoms with E-state index in [1.165, 1.54) is 0 Å². The van der Waals surface area contributed by atoms with Crippen LogP contribution in [0.15, 0.2) is 46.3 Å². The van der Waals surface area contributed by atoms with Gasteiger partial charge in [0, 0.05) is 9.35 Å². The summed E-state index contributed by atoms with van der Waals surface area (Å²) in [5, 5.41) is 5.10. The Balaban J connectivity index is 2.10. The average Bonchev–Trinajstić information content (AvgIpc) is 2.91. The molecule has 0 aliphatic heterocycles. The van der Waals surface area contributed by atoms with Gasteiger partial charge in [-0.25, -0.2) is 0 Å². The number of carbonyl (C=O) groups excluding carboxylic acids is 1. The van der Waals surface area contributed by atoms with Gasteiger partial charge in [-0.2, -0.15) is 0 Å². The van der Waals surface area contributed by atoms with E-state index in [2.05, 4.69) is 35.1 Å². The zero-order valence-electron chi connectivity index (χ0n) is 12.3. The fourth-order valence-electron chi connectivity index (χ4n) is 2.36. The topological polar surface area (TPSA) is 29.1 Å². The predicted octanol–water partition coefficient (Wildman–Crippen LogP) is 4.96. The Morgan fingerprint density at radius 3 is 2.57 bits per heavy atom. The summed E-state index contributed by atoms with van der Waals surface area (Å²) in [6.07, 6.45) is 0.982. The maximum absolute atomic E-state index is 12.6. The Morgan fingerprint density at radius 2 is 2.00 bits per heavy atom. The molecule has 21 heavy (non-hydrogen) atoms. The van der Waals surface area contributed by atoms with Crippen LogP contribution in [0.1, 0.15) is 36.6 Å². The average molecular weight is 366 g/mol. The van der Waals surface area contributed by atoms with Crippen molar-refractivity contribution in [2.24, 2.45) is 5.92 Å². The molecule has 2 aromatic rings. The van der Waals surface area contributed by atoms with Crippen LogP contribution in [0.2, 0.25) is 0 Å². The molecular formula is C17H20BrNOS. The maximum Gasteiger partial charge on any atom is 0.228 e. The summed E-state index contributed by atoms with van der Waals surface area (Å²) in [7, 11) is 0. The highest BCUT2D eigenvalue weighted by Crippen LogP contribution is 2.28. The van der Waals surface area contributed by atoms with Crippen LogP contribution < -0.4 is 5.32 Å². The predicted molar refractivity (Wildman–Crippen MR) is 92.5 cm³/mol. The quantitative estimate of drug-likeness (QED) is 0.770. The summed E-state index contributed by atoms with van der Waals surface area (Å²) in [6, 6.07) is 12.1. The molecular weight excluding hydrogens is 346 g/mol. The van der Waals surface area contributed by atoms with E-state index in [0.717, 1.165) is 21.3 Å². The number of carbonyl (C=O) groups is 1. The minimum atomic E-state index is -0.0880. The number of amides is 1. The number of hydrogen-bond acceptors (Lipinski definition) is 2. The van der Waals surface area contributed by atoms with Crippen LogP contribution in [-0.2, 0) is 11.3 Å². The van der Waals surface area contributed by atoms with E-state index >= 15 is 0 Å². The Bertz CT molecular complexity index is 581. The highest BCUT2D eigenvalue weighted by atomic mass is 79.9. The van der Waals surface area contributed by atoms with E-state index in [-0.39, 0.29) is 11.8 Å². The van der Waals surface area contributed by atoms with Gasteiger partial charge >= 0.3 is 0 Å². The number of rotatable bonds is 6. The standard InChI is InChI=1S/C17H20BrNOS/c1-3-12(2)16(13-7-5-4-6-8-13)17(20)19-11-15-14(18)9-10-21-15/h4-10,12,16H,3,11H2,1-2H3,(H,19,20). The van der Waals surface area contributed by atoms with Crippen LogP contribution in [0.3, 0.4) is 0 Å². The lowest BCUT2D eigenvalue weighted by atomic mass is 9.85. The molecule has 1 N–H and O–H groups in total. The van der Waals surface area contributed by atoms with Crippen LogP contribution in [-0.4, -0.2) is 5.91 Å². The summed E-state index contributed by atoms with van der Waals surface area (Å²) < 4.78 is 1.06. The SMILES string of the molecule is CCC(C)C(C(=O)NCc1sccc1Br)c1ccccc1. The van der Waals surface area contributed by atoms with Crippen LogP contribution in [0.25, 0.3) is 0 Å². The van der Waals surface area contributed by atoms with Gasteiger partial charge in [0.2, 0.25) is 5.91 Å². The van der Waals surface area contributed by atoms with E-state index in [9.17, 15) is 4.79 Å². The van der Waals surface area contributed by atoms with Crippen molar-refractivity contribution in [1.82, 2.24) is 5.32 Å². The number of benzene rings is 1. The molecule has 0 aliphatic rings. The van der Waals surface area contributed by atoms with Gasteiger partial charge in [-0.1, -0.05) is 50.6 Å². The minimum absolute atomic E-state index is 0.0880. The molecule has 0 fully saturated rings. The normalized spacial score (nSPS) is 13.7. The first kappa shape index (κ1) is 16.2. The lowest BCUT2D eigenvalue weighted by molar-refractivity contribution is -0.123. The molecule has 2 unspecified atom stereocenters. The second-order valence-corrected chi connectivity index (χ2v) is 7.04. The monoisotopic (exact) mass is 365 g/mol. The number of thiophene rings is 1. The van der Waals surface area contributed by atoms with Gasteiger partial charge in [0.15, 0.2) is 0 Å². The zero-order chi connectivity index (χ0) is 15.2. The molecule has 0 saturated heterocycles. The van der Waals surface area contributed by atoms with Crippen molar-refractivity contribution < 1.29 is 4.79 Å². The van der Waals surface area contributed by atoms with Gasteiger partial charge in [-0.15, -0.1) is 11.3 Å². The maximum atomic E-state index is 12.6. The third-order valence-electron chi connectivity index (χ3n) is 3.77. The van der Waals surface area contributed by atoms with Crippen molar-refractivity contribution in [2.75, 3.05) is 0 Å². The van der Waals surface area contributed by atoms with Gasteiger partial charge < -0.3 is 5.32 Å². The Labute approximate surface area is 138 Å². The molecule has 2 nitrogen and oxygen atoms in total. The molecule has 0 radical (unpaired) electrons. The summed E-state index contributed by atoms with van der Waals surface area (Å²) >= 11 is 5.15. The zero-order valence-corrected chi connectivity index (χ0v) is 14.7. The Hall–Kier alpha value is -1.13. The lowest BCUT2D eigenvalue weighted by Gasteiger charge is -2.22. The van der Waals surface area contributed by atoms with Gasteiger partial charge in [0.25, 0.3) is 0 Å². The number of hydrogen-bond donors (Lipinski definition) is 1. The molecule has 2 atom stereocenters. The van der Waals surface area contributed by atoms with Crippen molar-refractivity contribution >= 4 is 33.2 Å². The first-order valence-electron chi connectivity index (χ1n) is 7.18. The highest BCUT2D eigenvalue weighted by molar-refractivity contribution is 9.10. The van der Waals surface area contributed by atoms with Crippen molar-refractivity contribution in [1.29, 1.82) is 0 Å². The molecule has 0 aliphatic carbocycles. The molecule has 1 heterocycles.